The van der Waals surface area contributed by atoms with E-state index in [9.17, 15) is 0 Å². The molecule has 1 aliphatic rings. The van der Waals surface area contributed by atoms with E-state index in [1.807, 2.05) is 30.3 Å². The summed E-state index contributed by atoms with van der Waals surface area (Å²) in [5.41, 5.74) is 12.2. The molecule has 0 fully saturated rings. The molecule has 4 nitrogen and oxygen atoms in total. The second-order valence-electron chi connectivity index (χ2n) is 17.5. The van der Waals surface area contributed by atoms with Gasteiger partial charge >= 0.3 is 0 Å². The van der Waals surface area contributed by atoms with E-state index in [1.54, 1.807) is 0 Å². The van der Waals surface area contributed by atoms with E-state index in [0.717, 1.165) is 49.8 Å². The summed E-state index contributed by atoms with van der Waals surface area (Å²) in [5, 5.41) is 6.76. The molecule has 0 aliphatic heterocycles. The Bertz CT molecular complexity index is 3280. The van der Waals surface area contributed by atoms with Gasteiger partial charge in [0.25, 0.3) is 0 Å². The maximum atomic E-state index is 6.64. The maximum absolute atomic E-state index is 6.64. The molecule has 8 aromatic carbocycles. The molecule has 1 aliphatic carbocycles. The highest BCUT2D eigenvalue weighted by atomic mass is 16.3. The minimum absolute atomic E-state index is 0.127. The number of fused-ring (bicyclic) bond motifs is 7. The second-order valence-corrected chi connectivity index (χ2v) is 17.5. The van der Waals surface area contributed by atoms with E-state index in [-0.39, 0.29) is 10.8 Å². The Kier molecular flexibility index (Phi) is 7.96. The molecule has 0 atom stereocenters. The molecule has 0 N–H and O–H groups in total. The van der Waals surface area contributed by atoms with Gasteiger partial charge in [0.15, 0.2) is 17.5 Å². The lowest BCUT2D eigenvalue weighted by Crippen LogP contribution is -2.33. The van der Waals surface area contributed by atoms with Crippen molar-refractivity contribution in [2.75, 3.05) is 0 Å². The average molecular weight is 762 g/mol. The molecule has 0 bridgehead atoms. The summed E-state index contributed by atoms with van der Waals surface area (Å²) in [4.78, 5) is 15.7. The first-order valence-electron chi connectivity index (χ1n) is 20.6. The van der Waals surface area contributed by atoms with Gasteiger partial charge in [-0.3, -0.25) is 0 Å². The van der Waals surface area contributed by atoms with Gasteiger partial charge in [-0.15, -0.1) is 0 Å². The fourth-order valence-corrected chi connectivity index (χ4v) is 9.33. The van der Waals surface area contributed by atoms with Crippen molar-refractivity contribution < 1.29 is 4.42 Å². The van der Waals surface area contributed by atoms with Crippen LogP contribution in [0.25, 0.3) is 99.9 Å². The molecule has 0 unspecified atom stereocenters. The molecule has 0 saturated heterocycles. The number of para-hydroxylation sites is 1. The van der Waals surface area contributed by atoms with Crippen molar-refractivity contribution in [2.45, 2.75) is 51.4 Å². The Labute approximate surface area is 344 Å². The summed E-state index contributed by atoms with van der Waals surface area (Å²) in [7, 11) is 0. The summed E-state index contributed by atoms with van der Waals surface area (Å²) in [6.45, 7) is 9.55. The van der Waals surface area contributed by atoms with Crippen LogP contribution in [0.2, 0.25) is 0 Å². The van der Waals surface area contributed by atoms with Crippen LogP contribution in [0.15, 0.2) is 168 Å². The first-order chi connectivity index (χ1) is 28.7. The highest BCUT2D eigenvalue weighted by Crippen LogP contribution is 2.47. The van der Waals surface area contributed by atoms with Crippen molar-refractivity contribution in [3.8, 4) is 56.4 Å². The Morgan fingerprint density at radius 1 is 0.390 bits per heavy atom. The van der Waals surface area contributed by atoms with E-state index in [4.69, 9.17) is 19.4 Å². The molecule has 4 heteroatoms. The standard InChI is InChI=1S/C55H43N3O/c1-54(2)27-28-55(3,4)47-32-39(25-26-46(47)54)37-16-12-17-38(29-37)41-31-45(50-43-19-10-11-20-48(43)59-49(50)33-41)53-57-51(36-14-6-5-7-15-36)56-52(58-53)40-24-23-35-22-21-34-13-8-9-18-42(34)44(35)30-40/h5-26,29-33H,27-28H2,1-4H3. The third-order valence-corrected chi connectivity index (χ3v) is 12.8. The van der Waals surface area contributed by atoms with E-state index in [0.29, 0.717) is 17.5 Å². The first-order valence-corrected chi connectivity index (χ1v) is 20.6. The molecule has 2 aromatic heterocycles. The fourth-order valence-electron chi connectivity index (χ4n) is 9.33. The Hall–Kier alpha value is -6.91. The maximum Gasteiger partial charge on any atom is 0.164 e. The van der Waals surface area contributed by atoms with Gasteiger partial charge in [-0.05, 0) is 109 Å². The van der Waals surface area contributed by atoms with E-state index >= 15 is 0 Å². The lowest BCUT2D eigenvalue weighted by atomic mass is 9.63. The highest BCUT2D eigenvalue weighted by Gasteiger charge is 2.37. The Morgan fingerprint density at radius 3 is 1.80 bits per heavy atom. The number of nitrogens with zero attached hydrogens (tertiary/aromatic N) is 3. The zero-order valence-corrected chi connectivity index (χ0v) is 33.8. The molecular formula is C55H43N3O. The molecule has 0 saturated carbocycles. The number of furan rings is 1. The molecule has 284 valence electrons. The Morgan fingerprint density at radius 2 is 0.983 bits per heavy atom. The van der Waals surface area contributed by atoms with Gasteiger partial charge in [0.05, 0.1) is 0 Å². The van der Waals surface area contributed by atoms with Crippen LogP contribution in [-0.2, 0) is 10.8 Å². The fraction of sp³-hybridized carbons (Fsp3) is 0.145. The monoisotopic (exact) mass is 761 g/mol. The molecule has 0 radical (unpaired) electrons. The topological polar surface area (TPSA) is 51.8 Å². The second kappa shape index (κ2) is 13.3. The molecule has 11 rings (SSSR count). The Balaban J connectivity index is 1.11. The van der Waals surface area contributed by atoms with Gasteiger partial charge in [-0.1, -0.05) is 161 Å². The molecule has 0 spiro atoms. The van der Waals surface area contributed by atoms with Gasteiger partial charge in [0, 0.05) is 27.5 Å². The third-order valence-electron chi connectivity index (χ3n) is 12.8. The number of aromatic nitrogens is 3. The molecule has 0 amide bonds. The van der Waals surface area contributed by atoms with Crippen LogP contribution in [0.3, 0.4) is 0 Å². The quantitative estimate of drug-likeness (QED) is 0.164. The van der Waals surface area contributed by atoms with Crippen LogP contribution in [0.4, 0.5) is 0 Å². The normalized spacial score (nSPS) is 14.6. The number of hydrogen-bond donors (Lipinski definition) is 0. The van der Waals surface area contributed by atoms with Gasteiger partial charge in [0.1, 0.15) is 11.2 Å². The van der Waals surface area contributed by atoms with Crippen LogP contribution >= 0.6 is 0 Å². The number of benzene rings is 8. The summed E-state index contributed by atoms with van der Waals surface area (Å²) < 4.78 is 6.64. The minimum atomic E-state index is 0.127. The van der Waals surface area contributed by atoms with Gasteiger partial charge in [0.2, 0.25) is 0 Å². The van der Waals surface area contributed by atoms with Crippen molar-refractivity contribution >= 4 is 43.5 Å². The zero-order chi connectivity index (χ0) is 39.9. The summed E-state index contributed by atoms with van der Waals surface area (Å²) in [6, 6.07) is 58.3. The van der Waals surface area contributed by atoms with Crippen molar-refractivity contribution in [1.82, 2.24) is 15.0 Å². The average Bonchev–Trinajstić information content (AvgIpc) is 3.66. The first kappa shape index (κ1) is 35.3. The largest absolute Gasteiger partial charge is 0.456 e. The minimum Gasteiger partial charge on any atom is -0.456 e. The van der Waals surface area contributed by atoms with Crippen molar-refractivity contribution in [1.29, 1.82) is 0 Å². The molecule has 59 heavy (non-hydrogen) atoms. The van der Waals surface area contributed by atoms with E-state index in [2.05, 4.69) is 161 Å². The van der Waals surface area contributed by atoms with Crippen LogP contribution in [0, 0.1) is 0 Å². The predicted octanol–water partition coefficient (Wildman–Crippen LogP) is 14.8. The van der Waals surface area contributed by atoms with Crippen LogP contribution in [0.1, 0.15) is 51.7 Å². The van der Waals surface area contributed by atoms with Crippen molar-refractivity contribution in [2.24, 2.45) is 0 Å². The van der Waals surface area contributed by atoms with Gasteiger partial charge in [-0.25, -0.2) is 15.0 Å². The number of rotatable bonds is 5. The van der Waals surface area contributed by atoms with Crippen molar-refractivity contribution in [3.63, 3.8) is 0 Å². The van der Waals surface area contributed by atoms with Crippen molar-refractivity contribution in [3.05, 3.63) is 175 Å². The summed E-state index contributed by atoms with van der Waals surface area (Å²) in [6.07, 6.45) is 2.38. The summed E-state index contributed by atoms with van der Waals surface area (Å²) in [5.74, 6) is 1.84. The van der Waals surface area contributed by atoms with E-state index < -0.39 is 0 Å². The van der Waals surface area contributed by atoms with Crippen LogP contribution < -0.4 is 0 Å². The smallest absolute Gasteiger partial charge is 0.164 e. The van der Waals surface area contributed by atoms with Crippen LogP contribution in [-0.4, -0.2) is 15.0 Å². The number of hydrogen-bond acceptors (Lipinski definition) is 4. The lowest BCUT2D eigenvalue weighted by molar-refractivity contribution is 0.332. The predicted molar refractivity (Wildman–Crippen MR) is 245 cm³/mol. The zero-order valence-electron chi connectivity index (χ0n) is 33.8. The van der Waals surface area contributed by atoms with Crippen LogP contribution in [0.5, 0.6) is 0 Å². The van der Waals surface area contributed by atoms with Gasteiger partial charge in [-0.2, -0.15) is 0 Å². The molecule has 2 heterocycles. The highest BCUT2D eigenvalue weighted by molar-refractivity contribution is 6.13. The third kappa shape index (κ3) is 6.01. The summed E-state index contributed by atoms with van der Waals surface area (Å²) >= 11 is 0. The lowest BCUT2D eigenvalue weighted by Gasteiger charge is -2.42. The SMILES string of the molecule is CC1(C)CCC(C)(C)c2cc(-c3cccc(-c4cc(-c5nc(-c6ccccc6)nc(-c6ccc7ccc8ccccc8c7c6)n5)c5c(c4)oc4ccccc45)c3)ccc21. The van der Waals surface area contributed by atoms with E-state index in [1.165, 1.54) is 56.6 Å². The molecular weight excluding hydrogens is 719 g/mol. The van der Waals surface area contributed by atoms with Gasteiger partial charge < -0.3 is 4.42 Å². The molecule has 10 aromatic rings.